The van der Waals surface area contributed by atoms with Crippen molar-refractivity contribution >= 4 is 11.8 Å². The van der Waals surface area contributed by atoms with Gasteiger partial charge in [0.2, 0.25) is 11.8 Å². The number of imide groups is 1. The molecule has 1 saturated heterocycles. The first-order valence-electron chi connectivity index (χ1n) is 5.25. The smallest absolute Gasteiger partial charge is 0.232 e. The summed E-state index contributed by atoms with van der Waals surface area (Å²) in [4.78, 5) is 24.1. The number of hydrogen-bond donors (Lipinski definition) is 2. The molecule has 0 radical (unpaired) electrons. The van der Waals surface area contributed by atoms with Gasteiger partial charge in [0.15, 0.2) is 0 Å². The van der Waals surface area contributed by atoms with E-state index >= 15 is 0 Å². The summed E-state index contributed by atoms with van der Waals surface area (Å²) < 4.78 is 0. The lowest BCUT2D eigenvalue weighted by Crippen LogP contribution is -2.38. The molecule has 0 spiro atoms. The monoisotopic (exact) mass is 214 g/mol. The molecule has 2 N–H and O–H groups in total. The van der Waals surface area contributed by atoms with Gasteiger partial charge in [-0.05, 0) is 6.92 Å². The average molecular weight is 214 g/mol. The van der Waals surface area contributed by atoms with Gasteiger partial charge in [-0.2, -0.15) is 0 Å². The molecule has 0 aromatic heterocycles. The molecule has 1 heterocycles. The summed E-state index contributed by atoms with van der Waals surface area (Å²) >= 11 is 0. The Morgan fingerprint density at radius 3 is 2.73 bits per heavy atom. The lowest BCUT2D eigenvalue weighted by Gasteiger charge is -2.15. The fourth-order valence-corrected chi connectivity index (χ4v) is 1.59. The summed E-state index contributed by atoms with van der Waals surface area (Å²) in [6.45, 7) is 4.86. The molecule has 2 amide bonds. The Balaban J connectivity index is 2.27. The van der Waals surface area contributed by atoms with Gasteiger partial charge >= 0.3 is 0 Å². The van der Waals surface area contributed by atoms with Gasteiger partial charge in [0.25, 0.3) is 0 Å². The third-order valence-corrected chi connectivity index (χ3v) is 2.42. The van der Waals surface area contributed by atoms with Crippen molar-refractivity contribution in [2.45, 2.75) is 26.4 Å². The highest BCUT2D eigenvalue weighted by atomic mass is 16.3. The van der Waals surface area contributed by atoms with Gasteiger partial charge in [-0.3, -0.25) is 14.5 Å². The molecule has 2 unspecified atom stereocenters. The first-order valence-corrected chi connectivity index (χ1v) is 5.25. The summed E-state index contributed by atoms with van der Waals surface area (Å²) in [5, 5.41) is 12.0. The van der Waals surface area contributed by atoms with Crippen molar-refractivity contribution in [3.8, 4) is 0 Å². The van der Waals surface area contributed by atoms with E-state index in [-0.39, 0.29) is 17.7 Å². The summed E-state index contributed by atoms with van der Waals surface area (Å²) in [5.41, 5.74) is 0. The van der Waals surface area contributed by atoms with Crippen LogP contribution < -0.4 is 5.32 Å². The first kappa shape index (κ1) is 12.1. The molecule has 1 fully saturated rings. The summed E-state index contributed by atoms with van der Waals surface area (Å²) in [5.74, 6) is -0.348. The molecule has 0 aromatic carbocycles. The highest BCUT2D eigenvalue weighted by Gasteiger charge is 2.34. The van der Waals surface area contributed by atoms with Crippen molar-refractivity contribution in [3.05, 3.63) is 0 Å². The van der Waals surface area contributed by atoms with Crippen LogP contribution in [0.1, 0.15) is 20.3 Å². The number of rotatable bonds is 5. The second-order valence-corrected chi connectivity index (χ2v) is 4.04. The minimum atomic E-state index is -0.408. The molecule has 0 bridgehead atoms. The molecule has 86 valence electrons. The topological polar surface area (TPSA) is 69.6 Å². The van der Waals surface area contributed by atoms with Crippen LogP contribution in [-0.2, 0) is 9.59 Å². The third kappa shape index (κ3) is 3.28. The number of hydrogen-bond acceptors (Lipinski definition) is 4. The zero-order valence-corrected chi connectivity index (χ0v) is 9.19. The van der Waals surface area contributed by atoms with Gasteiger partial charge in [-0.15, -0.1) is 0 Å². The number of nitrogens with zero attached hydrogens (tertiary/aromatic N) is 1. The standard InChI is InChI=1S/C10H18N2O3/c1-7-5-9(14)12(10(7)15)4-3-11-6-8(2)13/h7-8,11,13H,3-6H2,1-2H3. The highest BCUT2D eigenvalue weighted by Crippen LogP contribution is 2.17. The lowest BCUT2D eigenvalue weighted by atomic mass is 10.1. The van der Waals surface area contributed by atoms with E-state index in [1.807, 2.05) is 0 Å². The van der Waals surface area contributed by atoms with Crippen LogP contribution in [0.25, 0.3) is 0 Å². The number of amides is 2. The van der Waals surface area contributed by atoms with Crippen LogP contribution >= 0.6 is 0 Å². The van der Waals surface area contributed by atoms with Gasteiger partial charge in [0, 0.05) is 32.0 Å². The van der Waals surface area contributed by atoms with Crippen LogP contribution in [0.2, 0.25) is 0 Å². The molecular weight excluding hydrogens is 196 g/mol. The van der Waals surface area contributed by atoms with Crippen molar-refractivity contribution in [1.82, 2.24) is 10.2 Å². The average Bonchev–Trinajstić information content (AvgIpc) is 2.37. The minimum absolute atomic E-state index is 0.0844. The van der Waals surface area contributed by atoms with Crippen LogP contribution in [0.15, 0.2) is 0 Å². The minimum Gasteiger partial charge on any atom is -0.392 e. The predicted molar refractivity (Wildman–Crippen MR) is 55.1 cm³/mol. The Kier molecular flexibility index (Phi) is 4.23. The molecule has 5 nitrogen and oxygen atoms in total. The summed E-state index contributed by atoms with van der Waals surface area (Å²) in [7, 11) is 0. The predicted octanol–water partition coefficient (Wildman–Crippen LogP) is -0.648. The van der Waals surface area contributed by atoms with E-state index in [9.17, 15) is 9.59 Å². The van der Waals surface area contributed by atoms with Crippen LogP contribution in [0.5, 0.6) is 0 Å². The van der Waals surface area contributed by atoms with Gasteiger partial charge in [-0.25, -0.2) is 0 Å². The lowest BCUT2D eigenvalue weighted by molar-refractivity contribution is -0.139. The Hall–Kier alpha value is -0.940. The fourth-order valence-electron chi connectivity index (χ4n) is 1.59. The molecule has 1 aliphatic rings. The fraction of sp³-hybridized carbons (Fsp3) is 0.800. The van der Waals surface area contributed by atoms with Gasteiger partial charge in [0.05, 0.1) is 6.10 Å². The first-order chi connectivity index (χ1) is 7.02. The second-order valence-electron chi connectivity index (χ2n) is 4.04. The molecule has 0 aromatic rings. The summed E-state index contributed by atoms with van der Waals surface area (Å²) in [6.07, 6.45) is -0.0798. The zero-order chi connectivity index (χ0) is 11.4. The van der Waals surface area contributed by atoms with E-state index in [1.165, 1.54) is 4.90 Å². The van der Waals surface area contributed by atoms with Crippen molar-refractivity contribution < 1.29 is 14.7 Å². The number of carbonyl (C=O) groups is 2. The van der Waals surface area contributed by atoms with Crippen molar-refractivity contribution in [3.63, 3.8) is 0 Å². The maximum absolute atomic E-state index is 11.5. The zero-order valence-electron chi connectivity index (χ0n) is 9.19. The third-order valence-electron chi connectivity index (χ3n) is 2.42. The Bertz CT molecular complexity index is 253. The van der Waals surface area contributed by atoms with Crippen LogP contribution in [0, 0.1) is 5.92 Å². The molecule has 0 aliphatic carbocycles. The molecule has 2 atom stereocenters. The number of aliphatic hydroxyl groups is 1. The van der Waals surface area contributed by atoms with E-state index in [0.29, 0.717) is 26.1 Å². The van der Waals surface area contributed by atoms with Gasteiger partial charge in [0.1, 0.15) is 0 Å². The highest BCUT2D eigenvalue weighted by molar-refractivity contribution is 6.03. The molecular formula is C10H18N2O3. The largest absolute Gasteiger partial charge is 0.392 e. The van der Waals surface area contributed by atoms with E-state index in [0.717, 1.165) is 0 Å². The maximum atomic E-state index is 11.5. The Morgan fingerprint density at radius 1 is 1.60 bits per heavy atom. The normalized spacial score (nSPS) is 23.7. The van der Waals surface area contributed by atoms with Gasteiger partial charge in [-0.1, -0.05) is 6.92 Å². The van der Waals surface area contributed by atoms with Crippen molar-refractivity contribution in [1.29, 1.82) is 0 Å². The van der Waals surface area contributed by atoms with Crippen LogP contribution in [-0.4, -0.2) is 47.6 Å². The number of nitrogens with one attached hydrogen (secondary N) is 1. The SMILES string of the molecule is CC(O)CNCCN1C(=O)CC(C)C1=O. The number of carbonyl (C=O) groups excluding carboxylic acids is 2. The Morgan fingerprint density at radius 2 is 2.27 bits per heavy atom. The molecule has 5 heteroatoms. The van der Waals surface area contributed by atoms with Crippen molar-refractivity contribution in [2.75, 3.05) is 19.6 Å². The maximum Gasteiger partial charge on any atom is 0.232 e. The molecule has 1 rings (SSSR count). The van der Waals surface area contributed by atoms with Crippen LogP contribution in [0.4, 0.5) is 0 Å². The number of likely N-dealkylation sites (tertiary alicyclic amines) is 1. The molecule has 15 heavy (non-hydrogen) atoms. The molecule has 1 aliphatic heterocycles. The van der Waals surface area contributed by atoms with E-state index in [4.69, 9.17) is 5.11 Å². The summed E-state index contributed by atoms with van der Waals surface area (Å²) in [6, 6.07) is 0. The Labute approximate surface area is 89.4 Å². The van der Waals surface area contributed by atoms with E-state index < -0.39 is 6.10 Å². The van der Waals surface area contributed by atoms with Crippen molar-refractivity contribution in [2.24, 2.45) is 5.92 Å². The van der Waals surface area contributed by atoms with E-state index in [2.05, 4.69) is 5.32 Å². The molecule has 0 saturated carbocycles. The van der Waals surface area contributed by atoms with Gasteiger partial charge < -0.3 is 10.4 Å². The number of aliphatic hydroxyl groups excluding tert-OH is 1. The van der Waals surface area contributed by atoms with Crippen LogP contribution in [0.3, 0.4) is 0 Å². The van der Waals surface area contributed by atoms with E-state index in [1.54, 1.807) is 13.8 Å². The second kappa shape index (κ2) is 5.23. The quantitative estimate of drug-likeness (QED) is 0.471.